The van der Waals surface area contributed by atoms with Gasteiger partial charge in [-0.05, 0) is 37.8 Å². The molecule has 5 heteroatoms. The number of likely N-dealkylation sites (tertiary alicyclic amines) is 1. The van der Waals surface area contributed by atoms with Gasteiger partial charge in [0.25, 0.3) is 0 Å². The first-order valence-corrected chi connectivity index (χ1v) is 9.01. The molecular weight excluding hydrogens is 319 g/mol. The predicted octanol–water partition coefficient (Wildman–Crippen LogP) is 3.16. The zero-order chi connectivity index (χ0) is 18.6. The lowest BCUT2D eigenvalue weighted by Crippen LogP contribution is -2.47. The topological polar surface area (TPSA) is 49.4 Å². The molecule has 2 amide bonds. The van der Waals surface area contributed by atoms with Crippen molar-refractivity contribution in [2.75, 3.05) is 13.1 Å². The summed E-state index contributed by atoms with van der Waals surface area (Å²) in [6, 6.07) is 6.52. The maximum absolute atomic E-state index is 13.7. The standard InChI is InChI=1S/C20H29FN2O2/c1-14(13-16-7-5-6-8-17(16)21)22-18(24)15-9-11-23(12-10-15)19(25)20(2,3)4/h5-8,14-15H,9-13H2,1-4H3,(H,22,24). The van der Waals surface area contributed by atoms with Crippen LogP contribution in [0.4, 0.5) is 4.39 Å². The van der Waals surface area contributed by atoms with Crippen LogP contribution in [0.25, 0.3) is 0 Å². The van der Waals surface area contributed by atoms with Gasteiger partial charge in [-0.25, -0.2) is 4.39 Å². The quantitative estimate of drug-likeness (QED) is 0.909. The Morgan fingerprint density at radius 1 is 1.24 bits per heavy atom. The van der Waals surface area contributed by atoms with E-state index in [9.17, 15) is 14.0 Å². The minimum absolute atomic E-state index is 0.00620. The number of nitrogens with one attached hydrogen (secondary N) is 1. The second-order valence-corrected chi connectivity index (χ2v) is 8.02. The molecular formula is C20H29FN2O2. The lowest BCUT2D eigenvalue weighted by Gasteiger charge is -2.35. The van der Waals surface area contributed by atoms with Crippen LogP contribution in [0.1, 0.15) is 46.1 Å². The number of hydrogen-bond acceptors (Lipinski definition) is 2. The summed E-state index contributed by atoms with van der Waals surface area (Å²) in [5, 5.41) is 2.99. The molecule has 0 spiro atoms. The maximum atomic E-state index is 13.7. The molecule has 1 N–H and O–H groups in total. The minimum atomic E-state index is -0.386. The average molecular weight is 348 g/mol. The van der Waals surface area contributed by atoms with Crippen molar-refractivity contribution in [2.24, 2.45) is 11.3 Å². The predicted molar refractivity (Wildman–Crippen MR) is 96.5 cm³/mol. The highest BCUT2D eigenvalue weighted by Crippen LogP contribution is 2.23. The summed E-state index contributed by atoms with van der Waals surface area (Å²) in [4.78, 5) is 26.6. The van der Waals surface area contributed by atoms with Gasteiger partial charge in [-0.15, -0.1) is 0 Å². The van der Waals surface area contributed by atoms with Crippen LogP contribution in [0.15, 0.2) is 24.3 Å². The summed E-state index contributed by atoms with van der Waals surface area (Å²) in [5.41, 5.74) is 0.226. The van der Waals surface area contributed by atoms with E-state index >= 15 is 0 Å². The number of hydrogen-bond donors (Lipinski definition) is 1. The average Bonchev–Trinajstić information content (AvgIpc) is 2.55. The lowest BCUT2D eigenvalue weighted by molar-refractivity contribution is -0.142. The van der Waals surface area contributed by atoms with Gasteiger partial charge < -0.3 is 10.2 Å². The molecule has 138 valence electrons. The number of carbonyl (C=O) groups excluding carboxylic acids is 2. The van der Waals surface area contributed by atoms with Gasteiger partial charge in [0.1, 0.15) is 5.82 Å². The molecule has 0 aliphatic carbocycles. The SMILES string of the molecule is CC(Cc1ccccc1F)NC(=O)C1CCN(C(=O)C(C)(C)C)CC1. The first-order valence-electron chi connectivity index (χ1n) is 9.01. The normalized spacial score (nSPS) is 17.2. The first-order chi connectivity index (χ1) is 11.7. The Hall–Kier alpha value is -1.91. The molecule has 1 heterocycles. The summed E-state index contributed by atoms with van der Waals surface area (Å²) in [5.74, 6) is -0.171. The molecule has 25 heavy (non-hydrogen) atoms. The highest BCUT2D eigenvalue weighted by Gasteiger charge is 2.32. The van der Waals surface area contributed by atoms with Gasteiger partial charge >= 0.3 is 0 Å². The minimum Gasteiger partial charge on any atom is -0.353 e. The van der Waals surface area contributed by atoms with Gasteiger partial charge in [0.15, 0.2) is 0 Å². The van der Waals surface area contributed by atoms with Crippen molar-refractivity contribution in [1.82, 2.24) is 10.2 Å². The highest BCUT2D eigenvalue weighted by atomic mass is 19.1. The molecule has 0 aromatic heterocycles. The van der Waals surface area contributed by atoms with E-state index in [1.165, 1.54) is 6.07 Å². The molecule has 1 aliphatic heterocycles. The molecule has 1 aromatic carbocycles. The lowest BCUT2D eigenvalue weighted by atomic mass is 9.90. The Kier molecular flexibility index (Phi) is 6.20. The summed E-state index contributed by atoms with van der Waals surface area (Å²) < 4.78 is 13.7. The molecule has 1 unspecified atom stereocenters. The van der Waals surface area contributed by atoms with E-state index in [2.05, 4.69) is 5.32 Å². The molecule has 1 atom stereocenters. The number of carbonyl (C=O) groups is 2. The van der Waals surface area contributed by atoms with Gasteiger partial charge in [0.05, 0.1) is 0 Å². The van der Waals surface area contributed by atoms with Gasteiger partial charge in [-0.3, -0.25) is 9.59 Å². The summed E-state index contributed by atoms with van der Waals surface area (Å²) in [7, 11) is 0. The summed E-state index contributed by atoms with van der Waals surface area (Å²) >= 11 is 0. The fraction of sp³-hybridized carbons (Fsp3) is 0.600. The third-order valence-corrected chi connectivity index (χ3v) is 4.67. The third kappa shape index (κ3) is 5.28. The van der Waals surface area contributed by atoms with E-state index in [4.69, 9.17) is 0 Å². The van der Waals surface area contributed by atoms with Gasteiger partial charge in [0, 0.05) is 30.5 Å². The fourth-order valence-electron chi connectivity index (χ4n) is 3.22. The molecule has 0 radical (unpaired) electrons. The van der Waals surface area contributed by atoms with Gasteiger partial charge in [-0.2, -0.15) is 0 Å². The zero-order valence-electron chi connectivity index (χ0n) is 15.6. The molecule has 1 aliphatic rings. The van der Waals surface area contributed by atoms with Crippen molar-refractivity contribution in [1.29, 1.82) is 0 Å². The fourth-order valence-corrected chi connectivity index (χ4v) is 3.22. The van der Waals surface area contributed by atoms with Crippen molar-refractivity contribution in [3.05, 3.63) is 35.6 Å². The van der Waals surface area contributed by atoms with Crippen LogP contribution in [0.2, 0.25) is 0 Å². The second-order valence-electron chi connectivity index (χ2n) is 8.02. The van der Waals surface area contributed by atoms with E-state index < -0.39 is 0 Å². The molecule has 1 aromatic rings. The van der Waals surface area contributed by atoms with Crippen LogP contribution in [-0.2, 0) is 16.0 Å². The van der Waals surface area contributed by atoms with E-state index in [0.717, 1.165) is 0 Å². The Morgan fingerprint density at radius 3 is 2.40 bits per heavy atom. The molecule has 0 bridgehead atoms. The maximum Gasteiger partial charge on any atom is 0.227 e. The highest BCUT2D eigenvalue weighted by molar-refractivity contribution is 5.82. The zero-order valence-corrected chi connectivity index (χ0v) is 15.6. The summed E-state index contributed by atoms with van der Waals surface area (Å²) in [6.45, 7) is 8.88. The van der Waals surface area contributed by atoms with E-state index in [1.807, 2.05) is 32.6 Å². The van der Waals surface area contributed by atoms with Crippen LogP contribution in [0.5, 0.6) is 0 Å². The van der Waals surface area contributed by atoms with Crippen LogP contribution < -0.4 is 5.32 Å². The first kappa shape index (κ1) is 19.4. The number of benzene rings is 1. The molecule has 2 rings (SSSR count). The largest absolute Gasteiger partial charge is 0.353 e. The van der Waals surface area contributed by atoms with E-state index in [0.29, 0.717) is 37.9 Å². The van der Waals surface area contributed by atoms with E-state index in [-0.39, 0.29) is 35.0 Å². The van der Waals surface area contributed by atoms with Crippen LogP contribution >= 0.6 is 0 Å². The molecule has 0 saturated carbocycles. The van der Waals surface area contributed by atoms with Crippen molar-refractivity contribution in [3.63, 3.8) is 0 Å². The van der Waals surface area contributed by atoms with Gasteiger partial charge in [-0.1, -0.05) is 39.0 Å². The van der Waals surface area contributed by atoms with Crippen LogP contribution in [-0.4, -0.2) is 35.8 Å². The van der Waals surface area contributed by atoms with Crippen molar-refractivity contribution in [2.45, 2.75) is 53.0 Å². The van der Waals surface area contributed by atoms with Crippen molar-refractivity contribution < 1.29 is 14.0 Å². The Balaban J connectivity index is 1.82. The molecule has 4 nitrogen and oxygen atoms in total. The Bertz CT molecular complexity index is 616. The molecule has 1 saturated heterocycles. The second kappa shape index (κ2) is 7.98. The number of rotatable bonds is 4. The van der Waals surface area contributed by atoms with Crippen molar-refractivity contribution in [3.8, 4) is 0 Å². The van der Waals surface area contributed by atoms with Crippen molar-refractivity contribution >= 4 is 11.8 Å². The third-order valence-electron chi connectivity index (χ3n) is 4.67. The number of nitrogens with zero attached hydrogens (tertiary/aromatic N) is 1. The van der Waals surface area contributed by atoms with Crippen LogP contribution in [0, 0.1) is 17.2 Å². The number of piperidine rings is 1. The monoisotopic (exact) mass is 348 g/mol. The molecule has 1 fully saturated rings. The smallest absolute Gasteiger partial charge is 0.227 e. The summed E-state index contributed by atoms with van der Waals surface area (Å²) in [6.07, 6.45) is 1.83. The van der Waals surface area contributed by atoms with Crippen LogP contribution in [0.3, 0.4) is 0 Å². The Morgan fingerprint density at radius 2 is 1.84 bits per heavy atom. The van der Waals surface area contributed by atoms with Gasteiger partial charge in [0.2, 0.25) is 11.8 Å². The number of halogens is 1. The Labute approximate surface area is 149 Å². The number of amides is 2. The van der Waals surface area contributed by atoms with E-state index in [1.54, 1.807) is 18.2 Å².